The summed E-state index contributed by atoms with van der Waals surface area (Å²) in [7, 11) is 3.50. The molecule has 0 radical (unpaired) electrons. The van der Waals surface area contributed by atoms with Crippen LogP contribution in [-0.4, -0.2) is 30.0 Å². The maximum atomic E-state index is 12.0. The highest BCUT2D eigenvalue weighted by molar-refractivity contribution is 7.80. The summed E-state index contributed by atoms with van der Waals surface area (Å²) in [6.45, 7) is 2.12. The number of aryl methyl sites for hydroxylation is 1. The molecule has 142 valence electrons. The first kappa shape index (κ1) is 19.4. The highest BCUT2D eigenvalue weighted by Crippen LogP contribution is 2.39. The van der Waals surface area contributed by atoms with Crippen molar-refractivity contribution < 1.29 is 4.79 Å². The molecule has 0 atom stereocenters. The number of amides is 1. The Labute approximate surface area is 167 Å². The molecule has 1 fully saturated rings. The molecule has 0 heterocycles. The van der Waals surface area contributed by atoms with E-state index in [1.54, 1.807) is 19.0 Å². The van der Waals surface area contributed by atoms with E-state index in [1.807, 2.05) is 24.3 Å². The van der Waals surface area contributed by atoms with Gasteiger partial charge in [-0.05, 0) is 61.8 Å². The fourth-order valence-corrected chi connectivity index (χ4v) is 4.05. The molecule has 0 unspecified atom stereocenters. The number of anilines is 1. The van der Waals surface area contributed by atoms with E-state index in [1.165, 1.54) is 24.0 Å². The highest BCUT2D eigenvalue weighted by atomic mass is 32.1. The molecule has 0 aliphatic heterocycles. The average Bonchev–Trinajstić information content (AvgIpc) is 3.11. The largest absolute Gasteiger partial charge is 0.353 e. The van der Waals surface area contributed by atoms with E-state index in [9.17, 15) is 4.79 Å². The average molecular weight is 382 g/mol. The monoisotopic (exact) mass is 381 g/mol. The lowest BCUT2D eigenvalue weighted by Gasteiger charge is -2.33. The highest BCUT2D eigenvalue weighted by Gasteiger charge is 2.36. The third-order valence-electron chi connectivity index (χ3n) is 5.18. The van der Waals surface area contributed by atoms with Gasteiger partial charge in [-0.2, -0.15) is 0 Å². The Balaban J connectivity index is 1.71. The van der Waals surface area contributed by atoms with E-state index < -0.39 is 0 Å². The van der Waals surface area contributed by atoms with Gasteiger partial charge >= 0.3 is 0 Å². The van der Waals surface area contributed by atoms with Crippen LogP contribution in [0.1, 0.15) is 47.2 Å². The Hall–Kier alpha value is -2.40. The smallest absolute Gasteiger partial charge is 0.253 e. The Morgan fingerprint density at radius 2 is 1.74 bits per heavy atom. The standard InChI is InChI=1S/C22H27N3OS/c1-16-7-6-8-18(15-16)22(13-4-5-14-22)24-21(27)23-19-11-9-17(10-12-19)20(26)25(2)3/h6-12,15H,4-5,13-14H2,1-3H3,(H2,23,24,27). The summed E-state index contributed by atoms with van der Waals surface area (Å²) >= 11 is 5.61. The minimum Gasteiger partial charge on any atom is -0.353 e. The van der Waals surface area contributed by atoms with Crippen LogP contribution in [0, 0.1) is 6.92 Å². The molecule has 1 amide bonds. The van der Waals surface area contributed by atoms with Crippen LogP contribution in [0.5, 0.6) is 0 Å². The van der Waals surface area contributed by atoms with E-state index in [-0.39, 0.29) is 11.4 Å². The van der Waals surface area contributed by atoms with Crippen molar-refractivity contribution in [3.05, 3.63) is 65.2 Å². The SMILES string of the molecule is Cc1cccc(C2(NC(=S)Nc3ccc(C(=O)N(C)C)cc3)CCCC2)c1. The van der Waals surface area contributed by atoms with Gasteiger partial charge in [0.05, 0.1) is 5.54 Å². The lowest BCUT2D eigenvalue weighted by molar-refractivity contribution is 0.0827. The molecule has 4 nitrogen and oxygen atoms in total. The number of nitrogens with one attached hydrogen (secondary N) is 2. The molecular weight excluding hydrogens is 354 g/mol. The molecule has 0 spiro atoms. The molecule has 2 N–H and O–H groups in total. The van der Waals surface area contributed by atoms with Crippen LogP contribution in [-0.2, 0) is 5.54 Å². The Bertz CT molecular complexity index is 824. The van der Waals surface area contributed by atoms with Gasteiger partial charge in [0.1, 0.15) is 0 Å². The number of hydrogen-bond acceptors (Lipinski definition) is 2. The van der Waals surface area contributed by atoms with Crippen molar-refractivity contribution >= 4 is 28.9 Å². The van der Waals surface area contributed by atoms with Gasteiger partial charge in [0.2, 0.25) is 0 Å². The molecule has 2 aromatic carbocycles. The van der Waals surface area contributed by atoms with Gasteiger partial charge in [0, 0.05) is 25.3 Å². The van der Waals surface area contributed by atoms with Gasteiger partial charge in [-0.25, -0.2) is 0 Å². The normalized spacial score (nSPS) is 15.2. The molecule has 3 rings (SSSR count). The van der Waals surface area contributed by atoms with Crippen molar-refractivity contribution in [1.29, 1.82) is 0 Å². The first-order valence-corrected chi connectivity index (χ1v) is 9.78. The van der Waals surface area contributed by atoms with Crippen LogP contribution >= 0.6 is 12.2 Å². The van der Waals surface area contributed by atoms with Crippen LogP contribution in [0.25, 0.3) is 0 Å². The molecule has 0 bridgehead atoms. The van der Waals surface area contributed by atoms with Crippen molar-refractivity contribution in [2.45, 2.75) is 38.1 Å². The summed E-state index contributed by atoms with van der Waals surface area (Å²) in [4.78, 5) is 13.6. The minimum atomic E-state index is -0.100. The lowest BCUT2D eigenvalue weighted by atomic mass is 9.87. The third-order valence-corrected chi connectivity index (χ3v) is 5.38. The van der Waals surface area contributed by atoms with E-state index in [0.717, 1.165) is 18.5 Å². The van der Waals surface area contributed by atoms with Gasteiger partial charge in [-0.1, -0.05) is 42.7 Å². The molecule has 0 aromatic heterocycles. The van der Waals surface area contributed by atoms with Gasteiger partial charge in [-0.15, -0.1) is 0 Å². The van der Waals surface area contributed by atoms with Crippen molar-refractivity contribution in [3.8, 4) is 0 Å². The zero-order valence-electron chi connectivity index (χ0n) is 16.2. The third kappa shape index (κ3) is 4.48. The van der Waals surface area contributed by atoms with Crippen molar-refractivity contribution in [1.82, 2.24) is 10.2 Å². The molecule has 0 saturated heterocycles. The second-order valence-electron chi connectivity index (χ2n) is 7.51. The Morgan fingerprint density at radius 3 is 2.33 bits per heavy atom. The molecular formula is C22H27N3OS. The molecule has 27 heavy (non-hydrogen) atoms. The minimum absolute atomic E-state index is 0.00777. The number of thiocarbonyl (C=S) groups is 1. The summed E-state index contributed by atoms with van der Waals surface area (Å²) in [6.07, 6.45) is 4.55. The first-order valence-electron chi connectivity index (χ1n) is 9.38. The van der Waals surface area contributed by atoms with E-state index >= 15 is 0 Å². The van der Waals surface area contributed by atoms with Gasteiger partial charge < -0.3 is 15.5 Å². The molecule has 5 heteroatoms. The van der Waals surface area contributed by atoms with Crippen LogP contribution in [0.15, 0.2) is 48.5 Å². The summed E-state index contributed by atoms with van der Waals surface area (Å²) in [6, 6.07) is 16.1. The number of hydrogen-bond donors (Lipinski definition) is 2. The van der Waals surface area contributed by atoms with Crippen LogP contribution in [0.2, 0.25) is 0 Å². The Morgan fingerprint density at radius 1 is 1.07 bits per heavy atom. The number of rotatable bonds is 4. The molecule has 1 saturated carbocycles. The summed E-state index contributed by atoms with van der Waals surface area (Å²) < 4.78 is 0. The second-order valence-corrected chi connectivity index (χ2v) is 7.92. The van der Waals surface area contributed by atoms with E-state index in [4.69, 9.17) is 12.2 Å². The predicted octanol–water partition coefficient (Wildman–Crippen LogP) is 4.45. The summed E-state index contributed by atoms with van der Waals surface area (Å²) in [5, 5.41) is 7.47. The molecule has 2 aromatic rings. The lowest BCUT2D eigenvalue weighted by Crippen LogP contribution is -2.45. The van der Waals surface area contributed by atoms with Crippen molar-refractivity contribution in [2.24, 2.45) is 0 Å². The van der Waals surface area contributed by atoms with Crippen LogP contribution in [0.4, 0.5) is 5.69 Å². The number of benzene rings is 2. The summed E-state index contributed by atoms with van der Waals surface area (Å²) in [5.74, 6) is -0.00777. The summed E-state index contributed by atoms with van der Waals surface area (Å²) in [5.41, 5.74) is 4.00. The van der Waals surface area contributed by atoms with Crippen molar-refractivity contribution in [3.63, 3.8) is 0 Å². The van der Waals surface area contributed by atoms with Crippen LogP contribution < -0.4 is 10.6 Å². The maximum Gasteiger partial charge on any atom is 0.253 e. The van der Waals surface area contributed by atoms with Gasteiger partial charge in [0.25, 0.3) is 5.91 Å². The van der Waals surface area contributed by atoms with Gasteiger partial charge in [0.15, 0.2) is 5.11 Å². The first-order chi connectivity index (χ1) is 12.9. The number of nitrogens with zero attached hydrogens (tertiary/aromatic N) is 1. The number of carbonyl (C=O) groups is 1. The molecule has 1 aliphatic rings. The zero-order chi connectivity index (χ0) is 19.4. The number of carbonyl (C=O) groups excluding carboxylic acids is 1. The quantitative estimate of drug-likeness (QED) is 0.768. The predicted molar refractivity (Wildman–Crippen MR) is 115 cm³/mol. The second kappa shape index (κ2) is 8.09. The maximum absolute atomic E-state index is 12.0. The van der Waals surface area contributed by atoms with Gasteiger partial charge in [-0.3, -0.25) is 4.79 Å². The fourth-order valence-electron chi connectivity index (χ4n) is 3.74. The van der Waals surface area contributed by atoms with Crippen LogP contribution in [0.3, 0.4) is 0 Å². The molecule has 1 aliphatic carbocycles. The van der Waals surface area contributed by atoms with E-state index in [2.05, 4.69) is 41.8 Å². The van der Waals surface area contributed by atoms with E-state index in [0.29, 0.717) is 10.7 Å². The van der Waals surface area contributed by atoms with Crippen molar-refractivity contribution in [2.75, 3.05) is 19.4 Å². The Kier molecular flexibility index (Phi) is 5.80. The fraction of sp³-hybridized carbons (Fsp3) is 0.364. The zero-order valence-corrected chi connectivity index (χ0v) is 17.0. The topological polar surface area (TPSA) is 44.4 Å².